The second-order valence-corrected chi connectivity index (χ2v) is 6.85. The molecule has 23 heavy (non-hydrogen) atoms. The Balaban J connectivity index is 2.20. The molecule has 1 aromatic heterocycles. The minimum absolute atomic E-state index is 0.113. The molecule has 0 radical (unpaired) electrons. The van der Waals surface area contributed by atoms with Crippen molar-refractivity contribution in [1.29, 1.82) is 0 Å². The summed E-state index contributed by atoms with van der Waals surface area (Å²) in [6.45, 7) is 1.73. The number of hydrogen-bond donors (Lipinski definition) is 1. The first kappa shape index (κ1) is 15.6. The molecule has 3 rings (SSSR count). The molecule has 0 spiro atoms. The summed E-state index contributed by atoms with van der Waals surface area (Å²) in [7, 11) is -2.60. The summed E-state index contributed by atoms with van der Waals surface area (Å²) in [5, 5.41) is 4.71. The van der Waals surface area contributed by atoms with Gasteiger partial charge in [-0.05, 0) is 31.2 Å². The van der Waals surface area contributed by atoms with E-state index in [1.807, 2.05) is 0 Å². The van der Waals surface area contributed by atoms with Crippen LogP contribution in [0, 0.1) is 6.92 Å². The number of fused-ring (bicyclic) bond motifs is 1. The van der Waals surface area contributed by atoms with Gasteiger partial charge in [0, 0.05) is 5.39 Å². The number of sulfonamides is 1. The van der Waals surface area contributed by atoms with E-state index in [-0.39, 0.29) is 26.9 Å². The molecule has 1 heterocycles. The highest BCUT2D eigenvalue weighted by atomic mass is 35.5. The number of para-hydroxylation sites is 1. The Kier molecular flexibility index (Phi) is 3.91. The van der Waals surface area contributed by atoms with Crippen LogP contribution in [0.1, 0.15) is 5.69 Å². The van der Waals surface area contributed by atoms with Crippen molar-refractivity contribution in [3.8, 4) is 5.75 Å². The van der Waals surface area contributed by atoms with Gasteiger partial charge in [-0.2, -0.15) is 0 Å². The summed E-state index contributed by atoms with van der Waals surface area (Å²) < 4.78 is 38.5. The lowest BCUT2D eigenvalue weighted by Gasteiger charge is -2.12. The fourth-order valence-electron chi connectivity index (χ4n) is 2.24. The molecular weight excluding hydrogens is 340 g/mol. The second-order valence-electron chi connectivity index (χ2n) is 4.83. The molecule has 0 atom stereocenters. The summed E-state index contributed by atoms with van der Waals surface area (Å²) in [5.74, 6) is 0.160. The number of hydrogen-bond acceptors (Lipinski definition) is 5. The molecule has 0 bridgehead atoms. The van der Waals surface area contributed by atoms with E-state index in [4.69, 9.17) is 20.9 Å². The van der Waals surface area contributed by atoms with Gasteiger partial charge in [-0.1, -0.05) is 28.9 Å². The molecule has 8 heteroatoms. The van der Waals surface area contributed by atoms with E-state index in [0.717, 1.165) is 0 Å². The number of methoxy groups -OCH3 is 1. The van der Waals surface area contributed by atoms with Crippen molar-refractivity contribution >= 4 is 38.3 Å². The Hall–Kier alpha value is -2.25. The Morgan fingerprint density at radius 2 is 1.96 bits per heavy atom. The first-order chi connectivity index (χ1) is 10.9. The SMILES string of the molecule is COc1ccc2c(C)noc2c1S(=O)(=O)Nc1ccccc1Cl. The first-order valence-electron chi connectivity index (χ1n) is 6.64. The van der Waals surface area contributed by atoms with Gasteiger partial charge in [-0.25, -0.2) is 8.42 Å². The van der Waals surface area contributed by atoms with Crippen molar-refractivity contribution in [3.63, 3.8) is 0 Å². The zero-order chi connectivity index (χ0) is 16.6. The van der Waals surface area contributed by atoms with Crippen molar-refractivity contribution in [3.05, 3.63) is 47.1 Å². The van der Waals surface area contributed by atoms with Crippen molar-refractivity contribution in [2.45, 2.75) is 11.8 Å². The van der Waals surface area contributed by atoms with E-state index >= 15 is 0 Å². The summed E-state index contributed by atoms with van der Waals surface area (Å²) in [6, 6.07) is 9.82. The fourth-order valence-corrected chi connectivity index (χ4v) is 3.85. The van der Waals surface area contributed by atoms with Crippen LogP contribution in [0.3, 0.4) is 0 Å². The smallest absolute Gasteiger partial charge is 0.269 e. The Morgan fingerprint density at radius 1 is 1.22 bits per heavy atom. The maximum absolute atomic E-state index is 12.8. The van der Waals surface area contributed by atoms with Gasteiger partial charge in [0.25, 0.3) is 10.0 Å². The standard InChI is InChI=1S/C15H13ClN2O4S/c1-9-10-7-8-13(21-2)15(14(10)22-17-9)23(19,20)18-12-6-4-3-5-11(12)16/h3-8,18H,1-2H3. The monoisotopic (exact) mass is 352 g/mol. The Bertz CT molecular complexity index is 982. The van der Waals surface area contributed by atoms with Gasteiger partial charge < -0.3 is 9.26 Å². The van der Waals surface area contributed by atoms with E-state index in [9.17, 15) is 8.42 Å². The van der Waals surface area contributed by atoms with Crippen LogP contribution >= 0.6 is 11.6 Å². The van der Waals surface area contributed by atoms with Gasteiger partial charge in [0.05, 0.1) is 23.5 Å². The number of nitrogens with zero attached hydrogens (tertiary/aromatic N) is 1. The molecule has 3 aromatic rings. The van der Waals surface area contributed by atoms with Crippen LogP contribution in [-0.4, -0.2) is 20.7 Å². The number of rotatable bonds is 4. The molecule has 0 aliphatic carbocycles. The zero-order valence-electron chi connectivity index (χ0n) is 12.3. The average Bonchev–Trinajstić information content (AvgIpc) is 2.89. The third kappa shape index (κ3) is 2.73. The number of ether oxygens (including phenoxy) is 1. The lowest BCUT2D eigenvalue weighted by atomic mass is 10.2. The van der Waals surface area contributed by atoms with Crippen molar-refractivity contribution < 1.29 is 17.7 Å². The predicted molar refractivity (Wildman–Crippen MR) is 87.6 cm³/mol. The molecule has 0 fully saturated rings. The van der Waals surface area contributed by atoms with Crippen molar-refractivity contribution in [2.75, 3.05) is 11.8 Å². The normalized spacial score (nSPS) is 11.6. The zero-order valence-corrected chi connectivity index (χ0v) is 13.9. The summed E-state index contributed by atoms with van der Waals surface area (Å²) in [5.41, 5.74) is 1.00. The van der Waals surface area contributed by atoms with Crippen LogP contribution in [-0.2, 0) is 10.0 Å². The third-order valence-corrected chi connectivity index (χ3v) is 5.09. The maximum Gasteiger partial charge on any atom is 0.269 e. The molecule has 6 nitrogen and oxygen atoms in total. The maximum atomic E-state index is 12.8. The van der Waals surface area contributed by atoms with Gasteiger partial charge >= 0.3 is 0 Å². The lowest BCUT2D eigenvalue weighted by Crippen LogP contribution is -2.14. The molecule has 0 saturated heterocycles. The second kappa shape index (κ2) is 5.75. The number of nitrogens with one attached hydrogen (secondary N) is 1. The third-order valence-electron chi connectivity index (χ3n) is 3.35. The molecule has 2 aromatic carbocycles. The molecule has 0 saturated carbocycles. The molecule has 0 amide bonds. The quantitative estimate of drug-likeness (QED) is 0.775. The minimum Gasteiger partial charge on any atom is -0.495 e. The largest absolute Gasteiger partial charge is 0.495 e. The van der Waals surface area contributed by atoms with Crippen LogP contribution in [0.25, 0.3) is 11.0 Å². The number of aryl methyl sites for hydroxylation is 1. The summed E-state index contributed by atoms with van der Waals surface area (Å²) in [6.07, 6.45) is 0. The number of anilines is 1. The molecule has 0 aliphatic heterocycles. The van der Waals surface area contributed by atoms with Crippen LogP contribution in [0.4, 0.5) is 5.69 Å². The van der Waals surface area contributed by atoms with E-state index < -0.39 is 10.0 Å². The van der Waals surface area contributed by atoms with E-state index in [1.54, 1.807) is 43.3 Å². The molecule has 0 unspecified atom stereocenters. The van der Waals surface area contributed by atoms with Crippen molar-refractivity contribution in [2.24, 2.45) is 0 Å². The van der Waals surface area contributed by atoms with Gasteiger partial charge in [0.15, 0.2) is 10.5 Å². The lowest BCUT2D eigenvalue weighted by molar-refractivity contribution is 0.397. The average molecular weight is 353 g/mol. The molecular formula is C15H13ClN2O4S. The summed E-state index contributed by atoms with van der Waals surface area (Å²) >= 11 is 6.02. The van der Waals surface area contributed by atoms with E-state index in [1.165, 1.54) is 7.11 Å². The fraction of sp³-hybridized carbons (Fsp3) is 0.133. The number of halogens is 1. The van der Waals surface area contributed by atoms with Crippen LogP contribution in [0.2, 0.25) is 5.02 Å². The summed E-state index contributed by atoms with van der Waals surface area (Å²) in [4.78, 5) is -0.113. The van der Waals surface area contributed by atoms with E-state index in [0.29, 0.717) is 11.1 Å². The van der Waals surface area contributed by atoms with Crippen molar-refractivity contribution in [1.82, 2.24) is 5.16 Å². The predicted octanol–water partition coefficient (Wildman–Crippen LogP) is 3.60. The minimum atomic E-state index is -3.99. The number of aromatic nitrogens is 1. The first-order valence-corrected chi connectivity index (χ1v) is 8.50. The molecule has 120 valence electrons. The number of benzene rings is 2. The molecule has 1 N–H and O–H groups in total. The van der Waals surface area contributed by atoms with Crippen LogP contribution in [0.5, 0.6) is 5.75 Å². The van der Waals surface area contributed by atoms with Crippen LogP contribution < -0.4 is 9.46 Å². The van der Waals surface area contributed by atoms with Gasteiger partial charge in [-0.3, -0.25) is 4.72 Å². The van der Waals surface area contributed by atoms with Gasteiger partial charge in [-0.15, -0.1) is 0 Å². The van der Waals surface area contributed by atoms with E-state index in [2.05, 4.69) is 9.88 Å². The topological polar surface area (TPSA) is 81.4 Å². The highest BCUT2D eigenvalue weighted by molar-refractivity contribution is 7.93. The van der Waals surface area contributed by atoms with Gasteiger partial charge in [0.1, 0.15) is 5.75 Å². The highest BCUT2D eigenvalue weighted by Crippen LogP contribution is 2.35. The van der Waals surface area contributed by atoms with Crippen LogP contribution in [0.15, 0.2) is 45.8 Å². The highest BCUT2D eigenvalue weighted by Gasteiger charge is 2.27. The Morgan fingerprint density at radius 3 is 2.65 bits per heavy atom. The molecule has 0 aliphatic rings. The van der Waals surface area contributed by atoms with Gasteiger partial charge in [0.2, 0.25) is 0 Å². The Labute approximate surface area is 138 Å².